The van der Waals surface area contributed by atoms with Gasteiger partial charge in [-0.1, -0.05) is 35.3 Å². The molecule has 0 aliphatic carbocycles. The van der Waals surface area contributed by atoms with E-state index in [-0.39, 0.29) is 27.2 Å². The van der Waals surface area contributed by atoms with Crippen LogP contribution in [-0.2, 0) is 14.4 Å². The van der Waals surface area contributed by atoms with Crippen molar-refractivity contribution in [3.05, 3.63) is 63.9 Å². The number of hydrogen-bond donors (Lipinski definition) is 1. The Morgan fingerprint density at radius 2 is 1.69 bits per heavy atom. The van der Waals surface area contributed by atoms with Crippen LogP contribution in [0.2, 0.25) is 5.02 Å². The van der Waals surface area contributed by atoms with E-state index in [9.17, 15) is 18.8 Å². The van der Waals surface area contributed by atoms with Crippen LogP contribution in [0.15, 0.2) is 47.5 Å². The van der Waals surface area contributed by atoms with E-state index in [0.29, 0.717) is 11.3 Å². The lowest BCUT2D eigenvalue weighted by Crippen LogP contribution is -2.31. The quantitative estimate of drug-likeness (QED) is 0.803. The molecular weight excluding hydrogens is 382 g/mol. The number of rotatable bonds is 3. The van der Waals surface area contributed by atoms with Gasteiger partial charge in [-0.15, -0.1) is 0 Å². The molecule has 26 heavy (non-hydrogen) atoms. The molecule has 0 atom stereocenters. The molecule has 2 aromatic rings. The van der Waals surface area contributed by atoms with Crippen molar-refractivity contribution in [3.8, 4) is 0 Å². The van der Waals surface area contributed by atoms with Gasteiger partial charge in [-0.05, 0) is 35.9 Å². The fourth-order valence-corrected chi connectivity index (χ4v) is 2.98. The van der Waals surface area contributed by atoms with Gasteiger partial charge in [-0.25, -0.2) is 9.29 Å². The van der Waals surface area contributed by atoms with Crippen LogP contribution in [-0.4, -0.2) is 17.7 Å². The van der Waals surface area contributed by atoms with Crippen LogP contribution in [0.5, 0.6) is 0 Å². The molecule has 0 aromatic heterocycles. The third-order valence-corrected chi connectivity index (χ3v) is 4.32. The number of benzene rings is 2. The van der Waals surface area contributed by atoms with Crippen LogP contribution in [0.3, 0.4) is 0 Å². The summed E-state index contributed by atoms with van der Waals surface area (Å²) in [6, 6.07) is 9.81. The zero-order valence-electron chi connectivity index (χ0n) is 13.3. The lowest BCUT2D eigenvalue weighted by atomic mass is 10.1. The van der Waals surface area contributed by atoms with Gasteiger partial charge in [-0.2, -0.15) is 0 Å². The molecule has 132 valence electrons. The number of hydrogen-bond acceptors (Lipinski definition) is 3. The van der Waals surface area contributed by atoms with Gasteiger partial charge >= 0.3 is 0 Å². The molecule has 5 nitrogen and oxygen atoms in total. The molecule has 3 amide bonds. The highest BCUT2D eigenvalue weighted by Gasteiger charge is 2.39. The number of carbonyl (C=O) groups is 3. The first kappa shape index (κ1) is 18.1. The van der Waals surface area contributed by atoms with Crippen molar-refractivity contribution in [2.75, 3.05) is 10.2 Å². The Labute approximate surface area is 158 Å². The van der Waals surface area contributed by atoms with Crippen molar-refractivity contribution in [3.63, 3.8) is 0 Å². The number of anilines is 2. The molecule has 0 saturated heterocycles. The number of carbonyl (C=O) groups excluding carboxylic acids is 3. The minimum atomic E-state index is -0.722. The van der Waals surface area contributed by atoms with E-state index >= 15 is 0 Å². The summed E-state index contributed by atoms with van der Waals surface area (Å²) in [5.74, 6) is -2.26. The summed E-state index contributed by atoms with van der Waals surface area (Å²) >= 11 is 11.8. The molecule has 2 aromatic carbocycles. The molecule has 0 spiro atoms. The normalized spacial score (nSPS) is 14.2. The predicted octanol–water partition coefficient (Wildman–Crippen LogP) is 3.96. The van der Waals surface area contributed by atoms with Gasteiger partial charge in [0.1, 0.15) is 10.8 Å². The van der Waals surface area contributed by atoms with Crippen LogP contribution >= 0.6 is 23.2 Å². The lowest BCUT2D eigenvalue weighted by Gasteiger charge is -2.15. The molecule has 1 heterocycles. The topological polar surface area (TPSA) is 66.5 Å². The number of halogens is 3. The second kappa shape index (κ2) is 6.90. The first-order valence-electron chi connectivity index (χ1n) is 7.41. The Hall–Kier alpha value is -2.70. The fourth-order valence-electron chi connectivity index (χ4n) is 2.54. The van der Waals surface area contributed by atoms with E-state index in [2.05, 4.69) is 5.32 Å². The number of imide groups is 1. The van der Waals surface area contributed by atoms with Crippen LogP contribution < -0.4 is 10.2 Å². The number of nitrogens with zero attached hydrogens (tertiary/aromatic N) is 1. The highest BCUT2D eigenvalue weighted by Crippen LogP contribution is 2.36. The van der Waals surface area contributed by atoms with Gasteiger partial charge < -0.3 is 5.32 Å². The van der Waals surface area contributed by atoms with Gasteiger partial charge in [-0.3, -0.25) is 14.4 Å². The van der Waals surface area contributed by atoms with E-state index in [4.69, 9.17) is 23.2 Å². The summed E-state index contributed by atoms with van der Waals surface area (Å²) in [6.45, 7) is 1.37. The standard InChI is InChI=1S/C18H11Cl2FN2O3/c1-9(24)22-11-4-2-10(3-5-11)15-16(20)18(26)23(17(15)25)12-6-7-14(21)13(19)8-12/h2-8H,1H3,(H,22,24). The molecule has 0 unspecified atom stereocenters. The van der Waals surface area contributed by atoms with Crippen molar-refractivity contribution in [1.82, 2.24) is 0 Å². The molecule has 1 aliphatic rings. The molecule has 0 radical (unpaired) electrons. The largest absolute Gasteiger partial charge is 0.326 e. The highest BCUT2D eigenvalue weighted by atomic mass is 35.5. The van der Waals surface area contributed by atoms with E-state index in [1.165, 1.54) is 19.1 Å². The number of nitrogens with one attached hydrogen (secondary N) is 1. The summed E-state index contributed by atoms with van der Waals surface area (Å²) in [4.78, 5) is 37.1. The predicted molar refractivity (Wildman–Crippen MR) is 97.4 cm³/mol. The Kier molecular flexibility index (Phi) is 4.80. The molecule has 1 N–H and O–H groups in total. The third-order valence-electron chi connectivity index (χ3n) is 3.68. The van der Waals surface area contributed by atoms with Gasteiger partial charge in [0.25, 0.3) is 11.8 Å². The van der Waals surface area contributed by atoms with Gasteiger partial charge in [0.05, 0.1) is 16.3 Å². The molecule has 3 rings (SSSR count). The summed E-state index contributed by atoms with van der Waals surface area (Å²) < 4.78 is 13.3. The van der Waals surface area contributed by atoms with Gasteiger partial charge in [0.2, 0.25) is 5.91 Å². The maximum atomic E-state index is 13.3. The van der Waals surface area contributed by atoms with E-state index in [1.54, 1.807) is 24.3 Å². The molecular formula is C18H11Cl2FN2O3. The first-order chi connectivity index (χ1) is 12.3. The number of amides is 3. The maximum Gasteiger partial charge on any atom is 0.277 e. The Morgan fingerprint density at radius 1 is 1.04 bits per heavy atom. The Bertz CT molecular complexity index is 971. The second-order valence-electron chi connectivity index (χ2n) is 5.49. The van der Waals surface area contributed by atoms with Crippen molar-refractivity contribution in [2.45, 2.75) is 6.92 Å². The molecule has 0 fully saturated rings. The maximum absolute atomic E-state index is 13.3. The minimum absolute atomic E-state index is 0.0199. The Morgan fingerprint density at radius 3 is 2.27 bits per heavy atom. The van der Waals surface area contributed by atoms with Crippen molar-refractivity contribution in [1.29, 1.82) is 0 Å². The molecule has 0 bridgehead atoms. The van der Waals surface area contributed by atoms with E-state index < -0.39 is 17.6 Å². The van der Waals surface area contributed by atoms with Crippen LogP contribution in [0, 0.1) is 5.82 Å². The smallest absolute Gasteiger partial charge is 0.277 e. The van der Waals surface area contributed by atoms with Crippen molar-refractivity contribution < 1.29 is 18.8 Å². The van der Waals surface area contributed by atoms with Crippen LogP contribution in [0.1, 0.15) is 12.5 Å². The second-order valence-corrected chi connectivity index (χ2v) is 6.28. The average molecular weight is 393 g/mol. The Balaban J connectivity index is 1.96. The third kappa shape index (κ3) is 3.21. The monoisotopic (exact) mass is 392 g/mol. The molecule has 0 saturated carbocycles. The minimum Gasteiger partial charge on any atom is -0.326 e. The van der Waals surface area contributed by atoms with Crippen LogP contribution in [0.4, 0.5) is 15.8 Å². The highest BCUT2D eigenvalue weighted by molar-refractivity contribution is 6.60. The zero-order valence-corrected chi connectivity index (χ0v) is 14.9. The molecule has 8 heteroatoms. The fraction of sp³-hybridized carbons (Fsp3) is 0.0556. The average Bonchev–Trinajstić information content (AvgIpc) is 2.80. The summed E-state index contributed by atoms with van der Waals surface area (Å²) in [7, 11) is 0. The van der Waals surface area contributed by atoms with Crippen molar-refractivity contribution >= 4 is 57.9 Å². The van der Waals surface area contributed by atoms with Crippen LogP contribution in [0.25, 0.3) is 5.57 Å². The summed E-state index contributed by atoms with van der Waals surface area (Å²) in [5.41, 5.74) is 1.09. The van der Waals surface area contributed by atoms with Crippen molar-refractivity contribution in [2.24, 2.45) is 0 Å². The zero-order chi connectivity index (χ0) is 19.0. The van der Waals surface area contributed by atoms with Gasteiger partial charge in [0.15, 0.2) is 0 Å². The first-order valence-corrected chi connectivity index (χ1v) is 8.17. The van der Waals surface area contributed by atoms with Gasteiger partial charge in [0, 0.05) is 12.6 Å². The SMILES string of the molecule is CC(=O)Nc1ccc(C2=C(Cl)C(=O)N(c3ccc(F)c(Cl)c3)C2=O)cc1. The van der Waals surface area contributed by atoms with E-state index in [0.717, 1.165) is 11.0 Å². The van der Waals surface area contributed by atoms with E-state index in [1.807, 2.05) is 0 Å². The summed E-state index contributed by atoms with van der Waals surface area (Å²) in [5, 5.41) is 2.14. The lowest BCUT2D eigenvalue weighted by molar-refractivity contribution is -0.120. The summed E-state index contributed by atoms with van der Waals surface area (Å²) in [6.07, 6.45) is 0. The molecule has 1 aliphatic heterocycles.